The molecule has 4 nitrogen and oxygen atoms in total. The second-order valence-electron chi connectivity index (χ2n) is 5.41. The van der Waals surface area contributed by atoms with Gasteiger partial charge in [-0.2, -0.15) is 8.78 Å². The van der Waals surface area contributed by atoms with E-state index in [0.717, 1.165) is 25.0 Å². The number of hydrogen-bond donors (Lipinski definition) is 1. The standard InChI is InChI=1S/C13H12F4O4S/c14-12(15)9-7(21-5-6-1-2-6)3-4-8-10(9)11(18)13(16,17)22(8,19)20/h3-4,6,11-12,18H,1-2,5H2/t11-/m1/s1. The molecule has 1 heterocycles. The Morgan fingerprint density at radius 3 is 2.50 bits per heavy atom. The zero-order chi connectivity index (χ0) is 16.3. The Labute approximate surface area is 123 Å². The smallest absolute Gasteiger partial charge is 0.379 e. The first-order chi connectivity index (χ1) is 10.2. The van der Waals surface area contributed by atoms with E-state index in [1.807, 2.05) is 0 Å². The summed E-state index contributed by atoms with van der Waals surface area (Å²) in [5, 5.41) is 5.04. The van der Waals surface area contributed by atoms with Gasteiger partial charge in [-0.3, -0.25) is 0 Å². The minimum absolute atomic E-state index is 0.151. The molecule has 0 amide bonds. The maximum Gasteiger partial charge on any atom is 0.379 e. The van der Waals surface area contributed by atoms with E-state index >= 15 is 0 Å². The third kappa shape index (κ3) is 2.10. The Morgan fingerprint density at radius 1 is 1.32 bits per heavy atom. The lowest BCUT2D eigenvalue weighted by molar-refractivity contribution is -0.0392. The Balaban J connectivity index is 2.14. The van der Waals surface area contributed by atoms with E-state index in [1.165, 1.54) is 0 Å². The number of fused-ring (bicyclic) bond motifs is 1. The second kappa shape index (κ2) is 4.82. The fourth-order valence-corrected chi connectivity index (χ4v) is 3.88. The van der Waals surface area contributed by atoms with Gasteiger partial charge in [-0.05, 0) is 30.9 Å². The van der Waals surface area contributed by atoms with Crippen molar-refractivity contribution in [2.75, 3.05) is 6.61 Å². The second-order valence-corrected chi connectivity index (χ2v) is 7.40. The van der Waals surface area contributed by atoms with E-state index in [0.29, 0.717) is 0 Å². The molecule has 122 valence electrons. The van der Waals surface area contributed by atoms with Crippen LogP contribution in [0.3, 0.4) is 0 Å². The van der Waals surface area contributed by atoms with Gasteiger partial charge >= 0.3 is 5.25 Å². The van der Waals surface area contributed by atoms with Gasteiger partial charge in [0.05, 0.1) is 17.1 Å². The average Bonchev–Trinajstić information content (AvgIpc) is 3.24. The summed E-state index contributed by atoms with van der Waals surface area (Å²) in [6, 6.07) is 1.72. The Kier molecular flexibility index (Phi) is 3.41. The van der Waals surface area contributed by atoms with Crippen LogP contribution in [-0.4, -0.2) is 25.4 Å². The predicted octanol–water partition coefficient (Wildman–Crippen LogP) is 2.83. The van der Waals surface area contributed by atoms with Crippen molar-refractivity contribution in [3.05, 3.63) is 23.3 Å². The zero-order valence-electron chi connectivity index (χ0n) is 11.1. The Bertz CT molecular complexity index is 713. The van der Waals surface area contributed by atoms with E-state index in [-0.39, 0.29) is 18.3 Å². The molecule has 1 N–H and O–H groups in total. The summed E-state index contributed by atoms with van der Waals surface area (Å²) in [6.07, 6.45) is -4.29. The largest absolute Gasteiger partial charge is 0.493 e. The summed E-state index contributed by atoms with van der Waals surface area (Å²) < 4.78 is 82.5. The van der Waals surface area contributed by atoms with Crippen LogP contribution in [0.5, 0.6) is 5.75 Å². The zero-order valence-corrected chi connectivity index (χ0v) is 11.9. The Morgan fingerprint density at radius 2 is 1.95 bits per heavy atom. The van der Waals surface area contributed by atoms with Crippen LogP contribution in [-0.2, 0) is 9.84 Å². The number of sulfone groups is 1. The van der Waals surface area contributed by atoms with Crippen molar-refractivity contribution in [2.24, 2.45) is 5.92 Å². The maximum atomic E-state index is 13.7. The van der Waals surface area contributed by atoms with Crippen LogP contribution in [0, 0.1) is 5.92 Å². The molecule has 1 aliphatic carbocycles. The first kappa shape index (κ1) is 15.5. The molecule has 1 fully saturated rings. The summed E-state index contributed by atoms with van der Waals surface area (Å²) in [7, 11) is -5.20. The van der Waals surface area contributed by atoms with E-state index in [2.05, 4.69) is 0 Å². The van der Waals surface area contributed by atoms with E-state index in [9.17, 15) is 31.1 Å². The van der Waals surface area contributed by atoms with E-state index < -0.39 is 43.6 Å². The summed E-state index contributed by atoms with van der Waals surface area (Å²) in [5.41, 5.74) is -1.94. The molecule has 0 unspecified atom stereocenters. The van der Waals surface area contributed by atoms with Crippen molar-refractivity contribution in [3.8, 4) is 5.75 Å². The van der Waals surface area contributed by atoms with Crippen molar-refractivity contribution in [2.45, 2.75) is 35.5 Å². The van der Waals surface area contributed by atoms with Crippen LogP contribution in [0.2, 0.25) is 0 Å². The lowest BCUT2D eigenvalue weighted by atomic mass is 10.0. The van der Waals surface area contributed by atoms with Gasteiger partial charge in [0, 0.05) is 5.56 Å². The van der Waals surface area contributed by atoms with Crippen LogP contribution in [0.4, 0.5) is 17.6 Å². The molecule has 3 rings (SSSR count). The van der Waals surface area contributed by atoms with E-state index in [1.54, 1.807) is 0 Å². The number of hydrogen-bond acceptors (Lipinski definition) is 4. The number of halogens is 4. The highest BCUT2D eigenvalue weighted by molar-refractivity contribution is 7.92. The van der Waals surface area contributed by atoms with Crippen molar-refractivity contribution in [1.29, 1.82) is 0 Å². The van der Waals surface area contributed by atoms with Crippen LogP contribution in [0.15, 0.2) is 17.0 Å². The molecule has 9 heteroatoms. The van der Waals surface area contributed by atoms with Crippen molar-refractivity contribution >= 4 is 9.84 Å². The fourth-order valence-electron chi connectivity index (χ4n) is 2.42. The number of benzene rings is 1. The molecule has 1 aromatic carbocycles. The number of alkyl halides is 4. The highest BCUT2D eigenvalue weighted by Crippen LogP contribution is 2.53. The summed E-state index contributed by atoms with van der Waals surface area (Å²) in [4.78, 5) is -0.973. The minimum Gasteiger partial charge on any atom is -0.493 e. The molecule has 1 atom stereocenters. The van der Waals surface area contributed by atoms with Gasteiger partial charge in [-0.25, -0.2) is 17.2 Å². The van der Waals surface area contributed by atoms with Gasteiger partial charge in [0.2, 0.25) is 9.84 Å². The molecule has 0 saturated heterocycles. The van der Waals surface area contributed by atoms with Crippen LogP contribution < -0.4 is 4.74 Å². The molecule has 1 aliphatic heterocycles. The molecular weight excluding hydrogens is 328 g/mol. The molecule has 1 saturated carbocycles. The summed E-state index contributed by atoms with van der Waals surface area (Å²) in [5.74, 6) is -0.138. The number of aliphatic hydroxyl groups excluding tert-OH is 1. The van der Waals surface area contributed by atoms with Crippen LogP contribution in [0.25, 0.3) is 0 Å². The van der Waals surface area contributed by atoms with Gasteiger partial charge in [0.25, 0.3) is 6.43 Å². The molecular formula is C13H12F4O4S. The lowest BCUT2D eigenvalue weighted by Gasteiger charge is -2.16. The molecule has 0 radical (unpaired) electrons. The van der Waals surface area contributed by atoms with E-state index in [4.69, 9.17) is 4.74 Å². The third-order valence-corrected chi connectivity index (χ3v) is 5.71. The molecule has 1 aromatic rings. The fraction of sp³-hybridized carbons (Fsp3) is 0.538. The number of ether oxygens (including phenoxy) is 1. The van der Waals surface area contributed by atoms with Gasteiger partial charge in [0.15, 0.2) is 6.10 Å². The third-order valence-electron chi connectivity index (χ3n) is 3.84. The highest BCUT2D eigenvalue weighted by Gasteiger charge is 2.61. The minimum atomic E-state index is -5.20. The summed E-state index contributed by atoms with van der Waals surface area (Å²) >= 11 is 0. The first-order valence-corrected chi connectivity index (χ1v) is 8.04. The monoisotopic (exact) mass is 340 g/mol. The lowest BCUT2D eigenvalue weighted by Crippen LogP contribution is -2.28. The van der Waals surface area contributed by atoms with Crippen LogP contribution >= 0.6 is 0 Å². The average molecular weight is 340 g/mol. The maximum absolute atomic E-state index is 13.7. The van der Waals surface area contributed by atoms with Gasteiger partial charge in [-0.1, -0.05) is 0 Å². The van der Waals surface area contributed by atoms with Gasteiger partial charge in [0.1, 0.15) is 5.75 Å². The molecule has 0 bridgehead atoms. The summed E-state index contributed by atoms with van der Waals surface area (Å²) in [6.45, 7) is 0.151. The topological polar surface area (TPSA) is 63.6 Å². The Hall–Kier alpha value is -1.35. The molecule has 2 aliphatic rings. The van der Waals surface area contributed by atoms with Crippen molar-refractivity contribution < 1.29 is 35.8 Å². The number of aliphatic hydroxyl groups is 1. The van der Waals surface area contributed by atoms with Crippen molar-refractivity contribution in [3.63, 3.8) is 0 Å². The van der Waals surface area contributed by atoms with Crippen molar-refractivity contribution in [1.82, 2.24) is 0 Å². The highest BCUT2D eigenvalue weighted by atomic mass is 32.2. The first-order valence-electron chi connectivity index (χ1n) is 6.56. The van der Waals surface area contributed by atoms with Crippen LogP contribution in [0.1, 0.15) is 36.5 Å². The normalized spacial score (nSPS) is 25.3. The quantitative estimate of drug-likeness (QED) is 0.856. The van der Waals surface area contributed by atoms with Gasteiger partial charge in [-0.15, -0.1) is 0 Å². The van der Waals surface area contributed by atoms with Gasteiger partial charge < -0.3 is 9.84 Å². The number of rotatable bonds is 4. The predicted molar refractivity (Wildman–Crippen MR) is 66.7 cm³/mol. The molecule has 0 spiro atoms. The molecule has 22 heavy (non-hydrogen) atoms. The molecule has 0 aromatic heterocycles. The SMILES string of the molecule is O=S1(=O)c2ccc(OCC3CC3)c(C(F)F)c2[C@@H](O)C1(F)F.